The molecular formula is C20H31NO3. The quantitative estimate of drug-likeness (QED) is 0.810. The first kappa shape index (κ1) is 18.8. The van der Waals surface area contributed by atoms with Crippen molar-refractivity contribution in [2.75, 3.05) is 13.7 Å². The zero-order valence-corrected chi connectivity index (χ0v) is 15.8. The Morgan fingerprint density at radius 3 is 2.38 bits per heavy atom. The maximum absolute atomic E-state index is 12.6. The van der Waals surface area contributed by atoms with Gasteiger partial charge in [0.15, 0.2) is 0 Å². The molecule has 1 amide bonds. The summed E-state index contributed by atoms with van der Waals surface area (Å²) in [5.74, 6) is 1.29. The Bertz CT molecular complexity index is 551. The highest BCUT2D eigenvalue weighted by atomic mass is 16.5. The first-order valence-electron chi connectivity index (χ1n) is 8.82. The van der Waals surface area contributed by atoms with E-state index in [-0.39, 0.29) is 23.6 Å². The van der Waals surface area contributed by atoms with E-state index in [4.69, 9.17) is 9.47 Å². The maximum atomic E-state index is 12.6. The van der Waals surface area contributed by atoms with Crippen molar-refractivity contribution < 1.29 is 14.3 Å². The zero-order valence-electron chi connectivity index (χ0n) is 15.8. The highest BCUT2D eigenvalue weighted by Gasteiger charge is 2.37. The van der Waals surface area contributed by atoms with Crippen LogP contribution in [-0.4, -0.2) is 36.2 Å². The lowest BCUT2D eigenvalue weighted by Crippen LogP contribution is -2.50. The van der Waals surface area contributed by atoms with Gasteiger partial charge < -0.3 is 14.4 Å². The van der Waals surface area contributed by atoms with Crippen molar-refractivity contribution >= 4 is 5.91 Å². The monoisotopic (exact) mass is 333 g/mol. The fourth-order valence-electron chi connectivity index (χ4n) is 3.79. The Labute approximate surface area is 146 Å². The molecule has 0 radical (unpaired) electrons. The molecule has 0 bridgehead atoms. The molecule has 1 aliphatic heterocycles. The minimum Gasteiger partial charge on any atom is -0.497 e. The molecule has 1 aromatic rings. The van der Waals surface area contributed by atoms with E-state index >= 15 is 0 Å². The Morgan fingerprint density at radius 1 is 1.29 bits per heavy atom. The molecular weight excluding hydrogens is 302 g/mol. The van der Waals surface area contributed by atoms with Crippen LogP contribution in [0, 0.1) is 5.92 Å². The lowest BCUT2D eigenvalue weighted by Gasteiger charge is -2.45. The highest BCUT2D eigenvalue weighted by molar-refractivity contribution is 5.74. The third-order valence-corrected chi connectivity index (χ3v) is 4.82. The van der Waals surface area contributed by atoms with E-state index in [0.717, 1.165) is 24.2 Å². The van der Waals surface area contributed by atoms with Crippen LogP contribution < -0.4 is 4.74 Å². The van der Waals surface area contributed by atoms with E-state index < -0.39 is 0 Å². The number of methoxy groups -OCH3 is 1. The summed E-state index contributed by atoms with van der Waals surface area (Å²) >= 11 is 0. The Hall–Kier alpha value is -1.55. The second-order valence-corrected chi connectivity index (χ2v) is 7.64. The molecule has 0 aliphatic carbocycles. The molecule has 134 valence electrons. The summed E-state index contributed by atoms with van der Waals surface area (Å²) in [6.07, 6.45) is 1.76. The minimum absolute atomic E-state index is 0.0623. The first-order valence-corrected chi connectivity index (χ1v) is 8.82. The normalized spacial score (nSPS) is 21.4. The van der Waals surface area contributed by atoms with Crippen molar-refractivity contribution in [1.82, 2.24) is 4.90 Å². The Balaban J connectivity index is 2.35. The summed E-state index contributed by atoms with van der Waals surface area (Å²) in [6, 6.07) is 8.36. The number of nitrogens with zero attached hydrogens (tertiary/aromatic N) is 1. The second-order valence-electron chi connectivity index (χ2n) is 7.64. The lowest BCUT2D eigenvalue weighted by molar-refractivity contribution is -0.143. The topological polar surface area (TPSA) is 38.8 Å². The first-order chi connectivity index (χ1) is 11.2. The number of ether oxygens (including phenoxy) is 2. The van der Waals surface area contributed by atoms with Gasteiger partial charge in [-0.3, -0.25) is 4.79 Å². The van der Waals surface area contributed by atoms with Gasteiger partial charge in [-0.25, -0.2) is 0 Å². The van der Waals surface area contributed by atoms with Gasteiger partial charge >= 0.3 is 0 Å². The van der Waals surface area contributed by atoms with E-state index in [9.17, 15) is 4.79 Å². The van der Waals surface area contributed by atoms with Crippen molar-refractivity contribution in [3.05, 3.63) is 29.8 Å². The van der Waals surface area contributed by atoms with Crippen molar-refractivity contribution in [2.24, 2.45) is 5.92 Å². The predicted octanol–water partition coefficient (Wildman–Crippen LogP) is 4.20. The third-order valence-electron chi connectivity index (χ3n) is 4.82. The van der Waals surface area contributed by atoms with Gasteiger partial charge in [0.2, 0.25) is 5.91 Å². The van der Waals surface area contributed by atoms with Crippen molar-refractivity contribution in [1.29, 1.82) is 0 Å². The van der Waals surface area contributed by atoms with Gasteiger partial charge in [-0.05, 0) is 50.3 Å². The molecule has 0 saturated carbocycles. The molecule has 2 rings (SSSR count). The van der Waals surface area contributed by atoms with Gasteiger partial charge in [-0.15, -0.1) is 0 Å². The van der Waals surface area contributed by atoms with E-state index in [2.05, 4.69) is 44.7 Å². The van der Waals surface area contributed by atoms with E-state index in [1.54, 1.807) is 14.0 Å². The average molecular weight is 333 g/mol. The van der Waals surface area contributed by atoms with Crippen LogP contribution in [0.1, 0.15) is 59.1 Å². The van der Waals surface area contributed by atoms with E-state index in [1.807, 2.05) is 12.1 Å². The van der Waals surface area contributed by atoms with Crippen LogP contribution in [-0.2, 0) is 9.53 Å². The van der Waals surface area contributed by atoms with Gasteiger partial charge in [-0.1, -0.05) is 26.0 Å². The summed E-state index contributed by atoms with van der Waals surface area (Å²) < 4.78 is 11.1. The van der Waals surface area contributed by atoms with Crippen molar-refractivity contribution in [2.45, 2.75) is 65.1 Å². The van der Waals surface area contributed by atoms with Crippen molar-refractivity contribution in [3.63, 3.8) is 0 Å². The van der Waals surface area contributed by atoms with Gasteiger partial charge in [0, 0.05) is 19.6 Å². The van der Waals surface area contributed by atoms with Crippen LogP contribution >= 0.6 is 0 Å². The third kappa shape index (κ3) is 4.29. The summed E-state index contributed by atoms with van der Waals surface area (Å²) in [7, 11) is 1.67. The number of carbonyl (C=O) groups excluding carboxylic acids is 1. The molecule has 2 unspecified atom stereocenters. The van der Waals surface area contributed by atoms with Crippen LogP contribution in [0.15, 0.2) is 24.3 Å². The number of amides is 1. The smallest absolute Gasteiger partial charge is 0.220 e. The van der Waals surface area contributed by atoms with Gasteiger partial charge in [-0.2, -0.15) is 0 Å². The second kappa shape index (κ2) is 7.56. The van der Waals surface area contributed by atoms with Gasteiger partial charge in [0.25, 0.3) is 0 Å². The average Bonchev–Trinajstić information content (AvgIpc) is 2.51. The molecule has 0 spiro atoms. The molecule has 1 heterocycles. The molecule has 1 aliphatic rings. The van der Waals surface area contributed by atoms with Crippen LogP contribution in [0.5, 0.6) is 5.75 Å². The minimum atomic E-state index is -0.182. The standard InChI is InChI=1S/C20H31NO3/c1-14(2)19(16-7-9-18(23-6)10-8-16)21(15(3)22)17-11-12-24-20(4,5)13-17/h7-10,14,17,19H,11-13H2,1-6H3. The predicted molar refractivity (Wildman–Crippen MR) is 96.1 cm³/mol. The molecule has 1 fully saturated rings. The Morgan fingerprint density at radius 2 is 1.92 bits per heavy atom. The molecule has 24 heavy (non-hydrogen) atoms. The number of rotatable bonds is 5. The summed E-state index contributed by atoms with van der Waals surface area (Å²) in [6.45, 7) is 10.9. The molecule has 4 nitrogen and oxygen atoms in total. The number of benzene rings is 1. The lowest BCUT2D eigenvalue weighted by atomic mass is 9.87. The Kier molecular flexibility index (Phi) is 5.92. The zero-order chi connectivity index (χ0) is 17.9. The summed E-state index contributed by atoms with van der Waals surface area (Å²) in [5, 5.41) is 0. The van der Waals surface area contributed by atoms with Gasteiger partial charge in [0.1, 0.15) is 5.75 Å². The molecule has 0 aromatic heterocycles. The largest absolute Gasteiger partial charge is 0.497 e. The molecule has 1 aromatic carbocycles. The molecule has 1 saturated heterocycles. The van der Waals surface area contributed by atoms with Crippen LogP contribution in [0.4, 0.5) is 0 Å². The summed E-state index contributed by atoms with van der Waals surface area (Å²) in [5.41, 5.74) is 0.975. The fraction of sp³-hybridized carbons (Fsp3) is 0.650. The molecule has 2 atom stereocenters. The number of hydrogen-bond acceptors (Lipinski definition) is 3. The highest BCUT2D eigenvalue weighted by Crippen LogP contribution is 2.36. The van der Waals surface area contributed by atoms with Gasteiger partial charge in [0.05, 0.1) is 18.8 Å². The van der Waals surface area contributed by atoms with Crippen molar-refractivity contribution in [3.8, 4) is 5.75 Å². The number of carbonyl (C=O) groups is 1. The van der Waals surface area contributed by atoms with E-state index in [1.165, 1.54) is 0 Å². The van der Waals surface area contributed by atoms with Crippen LogP contribution in [0.2, 0.25) is 0 Å². The van der Waals surface area contributed by atoms with E-state index in [0.29, 0.717) is 12.5 Å². The molecule has 4 heteroatoms. The molecule has 0 N–H and O–H groups in total. The summed E-state index contributed by atoms with van der Waals surface area (Å²) in [4.78, 5) is 14.6. The van der Waals surface area contributed by atoms with Crippen LogP contribution in [0.25, 0.3) is 0 Å². The van der Waals surface area contributed by atoms with Crippen LogP contribution in [0.3, 0.4) is 0 Å². The SMILES string of the molecule is COc1ccc(C(C(C)C)N(C(C)=O)C2CCOC(C)(C)C2)cc1. The fourth-order valence-corrected chi connectivity index (χ4v) is 3.79. The maximum Gasteiger partial charge on any atom is 0.220 e. The number of hydrogen-bond donors (Lipinski definition) is 0.